The zero-order chi connectivity index (χ0) is 33.7. The van der Waals surface area contributed by atoms with Gasteiger partial charge in [-0.25, -0.2) is 8.78 Å². The van der Waals surface area contributed by atoms with E-state index in [0.29, 0.717) is 24.4 Å². The van der Waals surface area contributed by atoms with Crippen LogP contribution in [0.1, 0.15) is 72.3 Å². The average Bonchev–Trinajstić information content (AvgIpc) is 2.95. The second-order valence-corrected chi connectivity index (χ2v) is 11.1. The lowest BCUT2D eigenvalue weighted by molar-refractivity contribution is -0.123. The van der Waals surface area contributed by atoms with Crippen molar-refractivity contribution in [2.24, 2.45) is 5.92 Å². The lowest BCUT2D eigenvalue weighted by atomic mass is 9.91. The Kier molecular flexibility index (Phi) is 14.6. The highest BCUT2D eigenvalue weighted by molar-refractivity contribution is 5.96. The van der Waals surface area contributed by atoms with Crippen LogP contribution in [-0.2, 0) is 16.1 Å². The number of carboxylic acid groups (broad SMARTS) is 1. The average molecular weight is 627 g/mol. The highest BCUT2D eigenvalue weighted by Gasteiger charge is 2.23. The Hall–Kier alpha value is -4.38. The van der Waals surface area contributed by atoms with Gasteiger partial charge in [0.15, 0.2) is 11.6 Å². The molecule has 11 heteroatoms. The summed E-state index contributed by atoms with van der Waals surface area (Å²) >= 11 is 0. The molecule has 1 atom stereocenters. The van der Waals surface area contributed by atoms with E-state index in [1.54, 1.807) is 25.3 Å². The Morgan fingerprint density at radius 3 is 2.22 bits per heavy atom. The number of pyridine rings is 1. The second-order valence-electron chi connectivity index (χ2n) is 11.1. The van der Waals surface area contributed by atoms with Crippen molar-refractivity contribution in [1.29, 1.82) is 0 Å². The fourth-order valence-corrected chi connectivity index (χ4v) is 5.15. The lowest BCUT2D eigenvalue weighted by Crippen LogP contribution is -2.46. The molecule has 45 heavy (non-hydrogen) atoms. The highest BCUT2D eigenvalue weighted by Crippen LogP contribution is 2.33. The molecule has 244 valence electrons. The minimum absolute atomic E-state index is 0.0305. The molecular weight excluding hydrogens is 582 g/mol. The van der Waals surface area contributed by atoms with Crippen LogP contribution >= 0.6 is 0 Å². The van der Waals surface area contributed by atoms with Crippen molar-refractivity contribution in [1.82, 2.24) is 20.5 Å². The van der Waals surface area contributed by atoms with Crippen molar-refractivity contribution >= 4 is 18.3 Å². The fourth-order valence-electron chi connectivity index (χ4n) is 5.15. The van der Waals surface area contributed by atoms with Crippen LogP contribution in [0.15, 0.2) is 47.4 Å². The summed E-state index contributed by atoms with van der Waals surface area (Å²) in [6, 6.07) is 8.93. The van der Waals surface area contributed by atoms with Gasteiger partial charge in [0.1, 0.15) is 5.56 Å². The van der Waals surface area contributed by atoms with E-state index in [4.69, 9.17) is 9.90 Å². The predicted molar refractivity (Wildman–Crippen MR) is 171 cm³/mol. The SMILES string of the molecule is CCC.CCC(NC(=O)CNC(=O)c1cccn(CC2CNC2)c1=O)c1cc(-c2c(C)cc(C)cc2C)cc(F)c1F.O=CO. The summed E-state index contributed by atoms with van der Waals surface area (Å²) < 4.78 is 31.2. The number of carbonyl (C=O) groups is 3. The van der Waals surface area contributed by atoms with Crippen molar-refractivity contribution < 1.29 is 28.3 Å². The van der Waals surface area contributed by atoms with Gasteiger partial charge in [0, 0.05) is 37.3 Å². The molecule has 1 aromatic heterocycles. The second kappa shape index (κ2) is 17.8. The molecule has 4 N–H and O–H groups in total. The third-order valence-corrected chi connectivity index (χ3v) is 7.14. The number of amides is 2. The number of aromatic nitrogens is 1. The number of halogens is 2. The van der Waals surface area contributed by atoms with Crippen molar-refractivity contribution in [3.05, 3.63) is 92.4 Å². The number of nitrogens with one attached hydrogen (secondary N) is 3. The van der Waals surface area contributed by atoms with Crippen LogP contribution in [-0.4, -0.2) is 47.6 Å². The number of benzene rings is 2. The first-order chi connectivity index (χ1) is 21.4. The molecule has 1 saturated heterocycles. The Labute approximate surface area is 263 Å². The largest absolute Gasteiger partial charge is 0.483 e. The number of hydrogen-bond acceptors (Lipinski definition) is 5. The molecule has 0 radical (unpaired) electrons. The van der Waals surface area contributed by atoms with E-state index in [1.807, 2.05) is 32.9 Å². The summed E-state index contributed by atoms with van der Waals surface area (Å²) in [6.07, 6.45) is 3.18. The topological polar surface area (TPSA) is 130 Å². The maximum Gasteiger partial charge on any atom is 0.290 e. The monoisotopic (exact) mass is 626 g/mol. The molecule has 0 spiro atoms. The summed E-state index contributed by atoms with van der Waals surface area (Å²) in [5.74, 6) is -2.95. The van der Waals surface area contributed by atoms with Crippen LogP contribution in [0.2, 0.25) is 0 Å². The van der Waals surface area contributed by atoms with Crippen molar-refractivity contribution in [2.75, 3.05) is 19.6 Å². The number of aryl methyl sites for hydroxylation is 3. The smallest absolute Gasteiger partial charge is 0.290 e. The first-order valence-electron chi connectivity index (χ1n) is 15.0. The first kappa shape index (κ1) is 36.8. The van der Waals surface area contributed by atoms with Gasteiger partial charge in [-0.1, -0.05) is 44.9 Å². The molecule has 3 aromatic rings. The van der Waals surface area contributed by atoms with Gasteiger partial charge in [-0.05, 0) is 73.7 Å². The van der Waals surface area contributed by atoms with Crippen molar-refractivity contribution in [3.8, 4) is 11.1 Å². The highest BCUT2D eigenvalue weighted by atomic mass is 19.2. The lowest BCUT2D eigenvalue weighted by Gasteiger charge is -2.27. The van der Waals surface area contributed by atoms with E-state index in [1.165, 1.54) is 23.1 Å². The Balaban J connectivity index is 0.00000109. The fraction of sp³-hybridized carbons (Fsp3) is 0.412. The zero-order valence-corrected chi connectivity index (χ0v) is 26.8. The number of hydrogen-bond donors (Lipinski definition) is 4. The van der Waals surface area contributed by atoms with Crippen molar-refractivity contribution in [3.63, 3.8) is 0 Å². The molecule has 2 aromatic carbocycles. The van der Waals surface area contributed by atoms with Gasteiger partial charge in [0.25, 0.3) is 17.9 Å². The van der Waals surface area contributed by atoms with Crippen LogP contribution in [0, 0.1) is 38.3 Å². The van der Waals surface area contributed by atoms with Gasteiger partial charge < -0.3 is 25.6 Å². The van der Waals surface area contributed by atoms with E-state index in [-0.39, 0.29) is 17.6 Å². The quantitative estimate of drug-likeness (QED) is 0.246. The van der Waals surface area contributed by atoms with Crippen LogP contribution in [0.3, 0.4) is 0 Å². The maximum atomic E-state index is 15.0. The van der Waals surface area contributed by atoms with E-state index in [2.05, 4.69) is 29.8 Å². The molecule has 1 aliphatic rings. The maximum absolute atomic E-state index is 15.0. The van der Waals surface area contributed by atoms with Crippen LogP contribution in [0.25, 0.3) is 11.1 Å². The minimum Gasteiger partial charge on any atom is -0.483 e. The van der Waals surface area contributed by atoms with E-state index < -0.39 is 41.6 Å². The van der Waals surface area contributed by atoms with E-state index >= 15 is 0 Å². The van der Waals surface area contributed by atoms with Gasteiger partial charge in [-0.15, -0.1) is 0 Å². The van der Waals surface area contributed by atoms with Crippen LogP contribution in [0.5, 0.6) is 0 Å². The van der Waals surface area contributed by atoms with Crippen LogP contribution in [0.4, 0.5) is 8.78 Å². The summed E-state index contributed by atoms with van der Waals surface area (Å²) in [5, 5.41) is 15.2. The molecule has 1 fully saturated rings. The van der Waals surface area contributed by atoms with Crippen molar-refractivity contribution in [2.45, 2.75) is 67.0 Å². The van der Waals surface area contributed by atoms with E-state index in [9.17, 15) is 23.2 Å². The normalized spacial score (nSPS) is 12.8. The molecule has 2 heterocycles. The molecule has 9 nitrogen and oxygen atoms in total. The molecular formula is C34H44F2N4O5. The summed E-state index contributed by atoms with van der Waals surface area (Å²) in [4.78, 5) is 46.5. The molecule has 4 rings (SSSR count). The first-order valence-corrected chi connectivity index (χ1v) is 15.0. The zero-order valence-electron chi connectivity index (χ0n) is 26.8. The van der Waals surface area contributed by atoms with Crippen LogP contribution < -0.4 is 21.5 Å². The van der Waals surface area contributed by atoms with Gasteiger partial charge in [0.2, 0.25) is 5.91 Å². The third kappa shape index (κ3) is 10.1. The number of nitrogens with zero attached hydrogens (tertiary/aromatic N) is 1. The van der Waals surface area contributed by atoms with Gasteiger partial charge in [-0.3, -0.25) is 19.2 Å². The van der Waals surface area contributed by atoms with E-state index in [0.717, 1.165) is 35.3 Å². The Morgan fingerprint density at radius 1 is 1.09 bits per heavy atom. The van der Waals surface area contributed by atoms with Gasteiger partial charge in [-0.2, -0.15) is 0 Å². The number of carbonyl (C=O) groups excluding carboxylic acids is 2. The predicted octanol–water partition coefficient (Wildman–Crippen LogP) is 5.05. The molecule has 0 aliphatic carbocycles. The third-order valence-electron chi connectivity index (χ3n) is 7.14. The van der Waals surface area contributed by atoms with Gasteiger partial charge >= 0.3 is 0 Å². The molecule has 0 bridgehead atoms. The standard InChI is InChI=1S/C30H34F2N4O3.C3H8.CH2O2/c1-5-25(23-11-21(12-24(31)28(23)32)27-18(3)9-17(2)10-19(27)4)35-26(37)15-34-29(38)22-7-6-8-36(30(22)39)16-20-13-33-14-20;1-3-2;2-1-3/h6-12,20,25,33H,5,13-16H2,1-4H3,(H,34,38)(H,35,37);3H2,1-2H3;1H,(H,2,3). The Bertz CT molecular complexity index is 1510. The Morgan fingerprint density at radius 2 is 1.69 bits per heavy atom. The minimum atomic E-state index is -1.02. The molecule has 2 amide bonds. The molecule has 1 aliphatic heterocycles. The summed E-state index contributed by atoms with van der Waals surface area (Å²) in [6.45, 7) is 13.3. The number of rotatable bonds is 9. The molecule has 0 saturated carbocycles. The summed E-state index contributed by atoms with van der Waals surface area (Å²) in [7, 11) is 0. The van der Waals surface area contributed by atoms with Gasteiger partial charge in [0.05, 0.1) is 12.6 Å². The summed E-state index contributed by atoms with van der Waals surface area (Å²) in [5.41, 5.74) is 3.83. The molecule has 1 unspecified atom stereocenters.